The predicted molar refractivity (Wildman–Crippen MR) is 50.6 cm³/mol. The summed E-state index contributed by atoms with van der Waals surface area (Å²) in [6, 6.07) is 0. The van der Waals surface area contributed by atoms with Crippen molar-refractivity contribution in [3.8, 4) is 0 Å². The van der Waals surface area contributed by atoms with E-state index in [0.29, 0.717) is 5.66 Å². The summed E-state index contributed by atoms with van der Waals surface area (Å²) in [4.78, 5) is 9.65. The first kappa shape index (κ1) is 10.4. The lowest BCUT2D eigenvalue weighted by Crippen LogP contribution is -1.93. The summed E-state index contributed by atoms with van der Waals surface area (Å²) in [7, 11) is 0.242. The highest BCUT2D eigenvalue weighted by Crippen LogP contribution is 2.41. The molecule has 8 heteroatoms. The molecule has 15 heavy (non-hydrogen) atoms. The topological polar surface area (TPSA) is 61.0 Å². The van der Waals surface area contributed by atoms with Crippen LogP contribution in [0, 0.1) is 10.1 Å². The SMILES string of the molecule is O=[N+]([O-])c1cn(PC2CC2)nc1C(F)F. The fourth-order valence-corrected chi connectivity index (χ4v) is 2.30. The van der Waals surface area contributed by atoms with Crippen molar-refractivity contribution in [3.63, 3.8) is 0 Å². The number of aromatic nitrogens is 2. The maximum Gasteiger partial charge on any atom is 0.316 e. The normalized spacial score (nSPS) is 16.7. The van der Waals surface area contributed by atoms with Gasteiger partial charge in [0, 0.05) is 8.73 Å². The maximum absolute atomic E-state index is 12.4. The zero-order valence-electron chi connectivity index (χ0n) is 7.56. The molecule has 1 unspecified atom stereocenters. The van der Waals surface area contributed by atoms with Crippen molar-refractivity contribution in [1.82, 2.24) is 9.55 Å². The molecule has 0 saturated heterocycles. The van der Waals surface area contributed by atoms with Crippen LogP contribution in [0.5, 0.6) is 0 Å². The molecule has 0 amide bonds. The quantitative estimate of drug-likeness (QED) is 0.457. The van der Waals surface area contributed by atoms with Crippen molar-refractivity contribution < 1.29 is 13.7 Å². The minimum atomic E-state index is -2.89. The molecule has 2 rings (SSSR count). The van der Waals surface area contributed by atoms with Gasteiger partial charge in [-0.1, -0.05) is 0 Å². The molecule has 0 bridgehead atoms. The van der Waals surface area contributed by atoms with Gasteiger partial charge in [-0.05, 0) is 18.5 Å². The first-order valence-electron chi connectivity index (χ1n) is 4.36. The molecule has 0 aromatic carbocycles. The van der Waals surface area contributed by atoms with E-state index in [0.717, 1.165) is 19.0 Å². The van der Waals surface area contributed by atoms with E-state index >= 15 is 0 Å². The average molecular weight is 235 g/mol. The van der Waals surface area contributed by atoms with E-state index in [9.17, 15) is 18.9 Å². The Kier molecular flexibility index (Phi) is 2.65. The Bertz CT molecular complexity index is 392. The zero-order valence-corrected chi connectivity index (χ0v) is 8.56. The average Bonchev–Trinajstić information content (AvgIpc) is 2.81. The van der Waals surface area contributed by atoms with E-state index in [-0.39, 0.29) is 8.73 Å². The highest BCUT2D eigenvalue weighted by molar-refractivity contribution is 7.37. The van der Waals surface area contributed by atoms with Crippen molar-refractivity contribution in [2.45, 2.75) is 24.9 Å². The Balaban J connectivity index is 2.25. The van der Waals surface area contributed by atoms with Gasteiger partial charge < -0.3 is 0 Å². The molecule has 1 atom stereocenters. The number of nitro groups is 1. The Labute approximate surface area is 85.4 Å². The third kappa shape index (κ3) is 2.28. The molecule has 1 aromatic heterocycles. The molecule has 1 aliphatic carbocycles. The van der Waals surface area contributed by atoms with Gasteiger partial charge in [-0.2, -0.15) is 5.10 Å². The smallest absolute Gasteiger partial charge is 0.258 e. The molecule has 0 aliphatic heterocycles. The van der Waals surface area contributed by atoms with Gasteiger partial charge in [-0.15, -0.1) is 0 Å². The molecule has 1 aromatic rings. The molecule has 0 spiro atoms. The van der Waals surface area contributed by atoms with Crippen LogP contribution in [0.1, 0.15) is 25.0 Å². The van der Waals surface area contributed by atoms with Crippen molar-refractivity contribution >= 4 is 14.4 Å². The molecule has 5 nitrogen and oxygen atoms in total. The summed E-state index contributed by atoms with van der Waals surface area (Å²) >= 11 is 0. The Morgan fingerprint density at radius 1 is 1.67 bits per heavy atom. The van der Waals surface area contributed by atoms with Gasteiger partial charge in [-0.25, -0.2) is 13.2 Å². The molecule has 1 heterocycles. The summed E-state index contributed by atoms with van der Waals surface area (Å²) in [5.41, 5.74) is -0.846. The summed E-state index contributed by atoms with van der Waals surface area (Å²) in [6.45, 7) is 0. The van der Waals surface area contributed by atoms with E-state index in [1.54, 1.807) is 0 Å². The van der Waals surface area contributed by atoms with Crippen LogP contribution in [0.25, 0.3) is 0 Å². The number of hydrogen-bond acceptors (Lipinski definition) is 3. The van der Waals surface area contributed by atoms with E-state index in [2.05, 4.69) is 5.10 Å². The zero-order chi connectivity index (χ0) is 11.0. The van der Waals surface area contributed by atoms with Crippen molar-refractivity contribution in [3.05, 3.63) is 22.0 Å². The maximum atomic E-state index is 12.4. The van der Waals surface area contributed by atoms with Crippen molar-refractivity contribution in [1.29, 1.82) is 0 Å². The molecular weight excluding hydrogens is 227 g/mol. The molecule has 1 aliphatic rings. The van der Waals surface area contributed by atoms with Gasteiger partial charge in [0.25, 0.3) is 6.43 Å². The van der Waals surface area contributed by atoms with Gasteiger partial charge in [0.2, 0.25) is 5.69 Å². The molecule has 1 saturated carbocycles. The second-order valence-corrected chi connectivity index (χ2v) is 4.84. The summed E-state index contributed by atoms with van der Waals surface area (Å²) in [5, 5.41) is 14.0. The number of alkyl halides is 2. The van der Waals surface area contributed by atoms with Crippen molar-refractivity contribution in [2.75, 3.05) is 0 Å². The van der Waals surface area contributed by atoms with Gasteiger partial charge >= 0.3 is 5.69 Å². The minimum Gasteiger partial charge on any atom is -0.258 e. The lowest BCUT2D eigenvalue weighted by atomic mass is 10.4. The van der Waals surface area contributed by atoms with Crippen molar-refractivity contribution in [2.24, 2.45) is 0 Å². The van der Waals surface area contributed by atoms with E-state index in [4.69, 9.17) is 0 Å². The van der Waals surface area contributed by atoms with Crippen LogP contribution in [0.4, 0.5) is 14.5 Å². The van der Waals surface area contributed by atoms with Crippen LogP contribution in [0.3, 0.4) is 0 Å². The third-order valence-electron chi connectivity index (χ3n) is 2.02. The summed E-state index contributed by atoms with van der Waals surface area (Å²) in [5.74, 6) is 0. The van der Waals surface area contributed by atoms with Crippen LogP contribution in [-0.2, 0) is 0 Å². The van der Waals surface area contributed by atoms with Gasteiger partial charge in [0.05, 0.1) is 4.92 Å². The van der Waals surface area contributed by atoms with E-state index in [1.807, 2.05) is 0 Å². The van der Waals surface area contributed by atoms with Crippen LogP contribution in [0.2, 0.25) is 0 Å². The molecule has 1 fully saturated rings. The monoisotopic (exact) mass is 235 g/mol. The first-order valence-corrected chi connectivity index (χ1v) is 5.39. The van der Waals surface area contributed by atoms with E-state index in [1.165, 1.54) is 4.45 Å². The molecule has 0 radical (unpaired) electrons. The standard InChI is InChI=1S/C7H8F2N3O2P/c8-7(9)6-5(12(13)14)3-11(10-6)15-4-1-2-4/h3-4,7,15H,1-2H2. The number of halogens is 2. The highest BCUT2D eigenvalue weighted by atomic mass is 31.1. The first-order chi connectivity index (χ1) is 7.08. The highest BCUT2D eigenvalue weighted by Gasteiger charge is 2.29. The second kappa shape index (κ2) is 3.81. The Morgan fingerprint density at radius 3 is 2.73 bits per heavy atom. The third-order valence-corrected chi connectivity index (χ3v) is 3.45. The minimum absolute atomic E-state index is 0.242. The fourth-order valence-electron chi connectivity index (χ4n) is 1.14. The Hall–Kier alpha value is -1.10. The molecule has 0 N–H and O–H groups in total. The lowest BCUT2D eigenvalue weighted by Gasteiger charge is -1.95. The number of nitrogens with zero attached hydrogens (tertiary/aromatic N) is 3. The van der Waals surface area contributed by atoms with Crippen LogP contribution < -0.4 is 0 Å². The second-order valence-electron chi connectivity index (χ2n) is 3.31. The van der Waals surface area contributed by atoms with Crippen LogP contribution in [0.15, 0.2) is 6.20 Å². The molecular formula is C7H8F2N3O2P. The number of rotatable bonds is 4. The fraction of sp³-hybridized carbons (Fsp3) is 0.571. The largest absolute Gasteiger partial charge is 0.316 e. The number of hydrogen-bond donors (Lipinski definition) is 0. The van der Waals surface area contributed by atoms with Crippen LogP contribution >= 0.6 is 8.73 Å². The summed E-state index contributed by atoms with van der Waals surface area (Å²) in [6.07, 6.45) is 0.306. The van der Waals surface area contributed by atoms with Gasteiger partial charge in [-0.3, -0.25) is 10.1 Å². The molecule has 82 valence electrons. The predicted octanol–water partition coefficient (Wildman–Crippen LogP) is 2.33. The van der Waals surface area contributed by atoms with Gasteiger partial charge in [0.1, 0.15) is 6.20 Å². The van der Waals surface area contributed by atoms with Crippen LogP contribution in [-0.4, -0.2) is 20.1 Å². The Morgan fingerprint density at radius 2 is 2.33 bits per heavy atom. The van der Waals surface area contributed by atoms with E-state index < -0.39 is 22.7 Å². The lowest BCUT2D eigenvalue weighted by molar-refractivity contribution is -0.386. The van der Waals surface area contributed by atoms with Gasteiger partial charge in [0.15, 0.2) is 0 Å². The summed E-state index contributed by atoms with van der Waals surface area (Å²) < 4.78 is 26.0.